The normalized spacial score (nSPS) is 19.0. The molecule has 0 aliphatic heterocycles. The number of amides is 1. The molecule has 3 rings (SSSR count). The minimum atomic E-state index is -0.600. The molecular formula is C18H18F2N2O2. The lowest BCUT2D eigenvalue weighted by molar-refractivity contribution is -0.117. The van der Waals surface area contributed by atoms with Gasteiger partial charge in [0, 0.05) is 29.6 Å². The first-order valence-corrected chi connectivity index (χ1v) is 7.78. The molecule has 0 bridgehead atoms. The molecular weight excluding hydrogens is 314 g/mol. The summed E-state index contributed by atoms with van der Waals surface area (Å²) in [6.07, 6.45) is 0.446. The lowest BCUT2D eigenvalue weighted by atomic mass is 10.1. The van der Waals surface area contributed by atoms with Gasteiger partial charge in [0.25, 0.3) is 0 Å². The summed E-state index contributed by atoms with van der Waals surface area (Å²) in [6, 6.07) is 10.6. The van der Waals surface area contributed by atoms with Gasteiger partial charge in [0.1, 0.15) is 24.0 Å². The van der Waals surface area contributed by atoms with Crippen LogP contribution in [-0.4, -0.2) is 19.1 Å². The quantitative estimate of drug-likeness (QED) is 0.854. The smallest absolute Gasteiger partial charge is 0.228 e. The third-order valence-corrected chi connectivity index (χ3v) is 4.01. The molecule has 1 amide bonds. The van der Waals surface area contributed by atoms with E-state index in [2.05, 4.69) is 5.32 Å². The number of nitrogens with one attached hydrogen (secondary N) is 1. The summed E-state index contributed by atoms with van der Waals surface area (Å²) < 4.78 is 32.9. The third-order valence-electron chi connectivity index (χ3n) is 4.01. The zero-order chi connectivity index (χ0) is 17.1. The predicted molar refractivity (Wildman–Crippen MR) is 86.8 cm³/mol. The molecule has 2 atom stereocenters. The molecule has 0 spiro atoms. The Kier molecular flexibility index (Phi) is 4.76. The summed E-state index contributed by atoms with van der Waals surface area (Å²) >= 11 is 0. The van der Waals surface area contributed by atoms with Gasteiger partial charge in [-0.1, -0.05) is 6.07 Å². The fourth-order valence-corrected chi connectivity index (χ4v) is 2.71. The van der Waals surface area contributed by atoms with E-state index in [1.54, 1.807) is 24.3 Å². The van der Waals surface area contributed by atoms with Crippen molar-refractivity contribution in [2.24, 2.45) is 11.7 Å². The molecule has 0 saturated heterocycles. The maximum atomic E-state index is 13.8. The monoisotopic (exact) mass is 332 g/mol. The highest BCUT2D eigenvalue weighted by molar-refractivity contribution is 5.95. The van der Waals surface area contributed by atoms with Crippen molar-refractivity contribution in [2.75, 3.05) is 18.5 Å². The molecule has 0 radical (unpaired) electrons. The van der Waals surface area contributed by atoms with Crippen LogP contribution in [0, 0.1) is 17.6 Å². The van der Waals surface area contributed by atoms with Gasteiger partial charge in [-0.15, -0.1) is 0 Å². The van der Waals surface area contributed by atoms with E-state index < -0.39 is 23.5 Å². The van der Waals surface area contributed by atoms with Crippen LogP contribution in [-0.2, 0) is 4.79 Å². The van der Waals surface area contributed by atoms with Gasteiger partial charge < -0.3 is 15.8 Å². The second kappa shape index (κ2) is 6.97. The molecule has 3 N–H and O–H groups in total. The van der Waals surface area contributed by atoms with Crippen molar-refractivity contribution in [3.8, 4) is 5.75 Å². The van der Waals surface area contributed by atoms with Gasteiger partial charge in [-0.25, -0.2) is 8.78 Å². The molecule has 0 heterocycles. The number of carbonyl (C=O) groups excluding carboxylic acids is 1. The molecule has 1 fully saturated rings. The Labute approximate surface area is 138 Å². The van der Waals surface area contributed by atoms with E-state index in [-0.39, 0.29) is 11.5 Å². The van der Waals surface area contributed by atoms with E-state index in [0.717, 1.165) is 0 Å². The SMILES string of the molecule is NCCOc1ccc(NC(=O)C2CC2c2c(F)cccc2F)cc1. The standard InChI is InChI=1S/C18H18F2N2O2/c19-15-2-1-3-16(20)17(15)13-10-14(13)18(23)22-11-4-6-12(7-5-11)24-9-8-21/h1-7,13-14H,8-10,21H2,(H,22,23). The number of benzene rings is 2. The maximum absolute atomic E-state index is 13.8. The second-order valence-corrected chi connectivity index (χ2v) is 5.73. The van der Waals surface area contributed by atoms with E-state index in [4.69, 9.17) is 10.5 Å². The van der Waals surface area contributed by atoms with Gasteiger partial charge >= 0.3 is 0 Å². The van der Waals surface area contributed by atoms with Crippen LogP contribution >= 0.6 is 0 Å². The molecule has 24 heavy (non-hydrogen) atoms. The number of ether oxygens (including phenoxy) is 1. The number of rotatable bonds is 6. The lowest BCUT2D eigenvalue weighted by Gasteiger charge is -2.08. The van der Waals surface area contributed by atoms with Gasteiger partial charge in [0.2, 0.25) is 5.91 Å². The van der Waals surface area contributed by atoms with Crippen LogP contribution in [0.1, 0.15) is 17.9 Å². The summed E-state index contributed by atoms with van der Waals surface area (Å²) in [5, 5.41) is 2.76. The zero-order valence-corrected chi connectivity index (χ0v) is 13.0. The highest BCUT2D eigenvalue weighted by Crippen LogP contribution is 2.49. The van der Waals surface area contributed by atoms with Crippen molar-refractivity contribution in [3.05, 3.63) is 59.7 Å². The van der Waals surface area contributed by atoms with E-state index in [0.29, 0.717) is 31.0 Å². The van der Waals surface area contributed by atoms with Crippen LogP contribution in [0.5, 0.6) is 5.75 Å². The molecule has 126 valence electrons. The lowest BCUT2D eigenvalue weighted by Crippen LogP contribution is -2.15. The third kappa shape index (κ3) is 3.54. The first-order valence-electron chi connectivity index (χ1n) is 7.78. The molecule has 0 aromatic heterocycles. The van der Waals surface area contributed by atoms with Crippen LogP contribution in [0.25, 0.3) is 0 Å². The largest absolute Gasteiger partial charge is 0.492 e. The summed E-state index contributed by atoms with van der Waals surface area (Å²) in [6.45, 7) is 0.845. The maximum Gasteiger partial charge on any atom is 0.228 e. The topological polar surface area (TPSA) is 64.3 Å². The predicted octanol–water partition coefficient (Wildman–Crippen LogP) is 3.04. The summed E-state index contributed by atoms with van der Waals surface area (Å²) in [4.78, 5) is 12.2. The summed E-state index contributed by atoms with van der Waals surface area (Å²) in [5.41, 5.74) is 5.97. The molecule has 1 aliphatic carbocycles. The molecule has 2 aromatic rings. The van der Waals surface area contributed by atoms with E-state index >= 15 is 0 Å². The van der Waals surface area contributed by atoms with Gasteiger partial charge in [-0.3, -0.25) is 4.79 Å². The number of hydrogen-bond donors (Lipinski definition) is 2. The zero-order valence-electron chi connectivity index (χ0n) is 13.0. The van der Waals surface area contributed by atoms with Gasteiger partial charge in [-0.05, 0) is 42.8 Å². The number of hydrogen-bond acceptors (Lipinski definition) is 3. The number of anilines is 1. The first kappa shape index (κ1) is 16.4. The molecule has 1 aliphatic rings. The Balaban J connectivity index is 1.61. The average Bonchev–Trinajstić information content (AvgIpc) is 3.34. The molecule has 1 saturated carbocycles. The van der Waals surface area contributed by atoms with Gasteiger partial charge in [0.15, 0.2) is 0 Å². The fourth-order valence-electron chi connectivity index (χ4n) is 2.71. The highest BCUT2D eigenvalue weighted by atomic mass is 19.1. The van der Waals surface area contributed by atoms with E-state index in [1.807, 2.05) is 0 Å². The van der Waals surface area contributed by atoms with Crippen LogP contribution in [0.2, 0.25) is 0 Å². The Bertz CT molecular complexity index is 714. The minimum Gasteiger partial charge on any atom is -0.492 e. The second-order valence-electron chi connectivity index (χ2n) is 5.73. The minimum absolute atomic E-state index is 0.00295. The van der Waals surface area contributed by atoms with Crippen molar-refractivity contribution in [1.82, 2.24) is 0 Å². The molecule has 2 aromatic carbocycles. The van der Waals surface area contributed by atoms with Crippen molar-refractivity contribution in [2.45, 2.75) is 12.3 Å². The van der Waals surface area contributed by atoms with Crippen molar-refractivity contribution in [3.63, 3.8) is 0 Å². The Morgan fingerprint density at radius 1 is 1.17 bits per heavy atom. The Morgan fingerprint density at radius 3 is 2.46 bits per heavy atom. The van der Waals surface area contributed by atoms with E-state index in [1.165, 1.54) is 18.2 Å². The van der Waals surface area contributed by atoms with Gasteiger partial charge in [-0.2, -0.15) is 0 Å². The number of halogens is 2. The van der Waals surface area contributed by atoms with Crippen molar-refractivity contribution in [1.29, 1.82) is 0 Å². The van der Waals surface area contributed by atoms with Crippen LogP contribution in [0.3, 0.4) is 0 Å². The van der Waals surface area contributed by atoms with Crippen LogP contribution in [0.15, 0.2) is 42.5 Å². The van der Waals surface area contributed by atoms with E-state index in [9.17, 15) is 13.6 Å². The van der Waals surface area contributed by atoms with Crippen molar-refractivity contribution >= 4 is 11.6 Å². The Morgan fingerprint density at radius 2 is 1.83 bits per heavy atom. The average molecular weight is 332 g/mol. The van der Waals surface area contributed by atoms with Crippen LogP contribution in [0.4, 0.5) is 14.5 Å². The van der Waals surface area contributed by atoms with Crippen molar-refractivity contribution < 1.29 is 18.3 Å². The van der Waals surface area contributed by atoms with Gasteiger partial charge in [0.05, 0.1) is 0 Å². The molecule has 4 nitrogen and oxygen atoms in total. The summed E-state index contributed by atoms with van der Waals surface area (Å²) in [7, 11) is 0. The number of carbonyl (C=O) groups is 1. The number of nitrogens with two attached hydrogens (primary N) is 1. The van der Waals surface area contributed by atoms with Crippen LogP contribution < -0.4 is 15.8 Å². The summed E-state index contributed by atoms with van der Waals surface area (Å²) in [5.74, 6) is -1.59. The molecule has 2 unspecified atom stereocenters. The molecule has 6 heteroatoms. The fraction of sp³-hybridized carbons (Fsp3) is 0.278. The first-order chi connectivity index (χ1) is 11.6. The Hall–Kier alpha value is -2.47. The highest BCUT2D eigenvalue weighted by Gasteiger charge is 2.46.